The highest BCUT2D eigenvalue weighted by Crippen LogP contribution is 2.19. The number of carbonyl (C=O) groups excluding carboxylic acids is 1. The van der Waals surface area contributed by atoms with Crippen molar-refractivity contribution in [3.63, 3.8) is 0 Å². The second kappa shape index (κ2) is 9.65. The number of aromatic nitrogens is 3. The van der Waals surface area contributed by atoms with Gasteiger partial charge in [0, 0.05) is 31.1 Å². The molecule has 3 aromatic rings. The molecule has 1 aromatic heterocycles. The lowest BCUT2D eigenvalue weighted by Crippen LogP contribution is -2.38. The lowest BCUT2D eigenvalue weighted by atomic mass is 10.1. The molecule has 3 rings (SSSR count). The van der Waals surface area contributed by atoms with E-state index in [4.69, 9.17) is 12.2 Å². The summed E-state index contributed by atoms with van der Waals surface area (Å²) in [5.41, 5.74) is 3.31. The Balaban J connectivity index is 1.75. The number of rotatable bonds is 8. The number of hydrogen-bond acceptors (Lipinski definition) is 3. The summed E-state index contributed by atoms with van der Waals surface area (Å²) >= 11 is 5.42. The molecule has 1 amide bonds. The first-order valence-electron chi connectivity index (χ1n) is 10.0. The molecule has 5 nitrogen and oxygen atoms in total. The van der Waals surface area contributed by atoms with Crippen molar-refractivity contribution >= 4 is 18.1 Å². The average molecular weight is 409 g/mol. The topological polar surface area (TPSA) is 53.9 Å². The summed E-state index contributed by atoms with van der Waals surface area (Å²) in [6, 6.07) is 18.5. The minimum absolute atomic E-state index is 0.126. The maximum Gasteiger partial charge on any atom is 0.224 e. The van der Waals surface area contributed by atoms with Crippen LogP contribution in [0.4, 0.5) is 0 Å². The Morgan fingerprint density at radius 3 is 2.52 bits per heavy atom. The van der Waals surface area contributed by atoms with Crippen LogP contribution in [-0.2, 0) is 17.9 Å². The summed E-state index contributed by atoms with van der Waals surface area (Å²) in [6.07, 6.45) is 1.29. The molecule has 1 N–H and O–H groups in total. The summed E-state index contributed by atoms with van der Waals surface area (Å²) in [5, 5.41) is 7.25. The quantitative estimate of drug-likeness (QED) is 0.526. The molecule has 0 bridgehead atoms. The second-order valence-corrected chi connectivity index (χ2v) is 7.77. The number of nitrogens with zero attached hydrogens (tertiary/aromatic N) is 3. The SMILES string of the molecule is CCC(C)N(Cc1ccccc1)C(=O)CCn1c(-c2ccc(C)cc2)n[nH]c1=S. The van der Waals surface area contributed by atoms with Crippen LogP contribution in [0.25, 0.3) is 11.4 Å². The molecule has 0 radical (unpaired) electrons. The summed E-state index contributed by atoms with van der Waals surface area (Å²) in [4.78, 5) is 15.1. The first kappa shape index (κ1) is 21.0. The number of benzene rings is 2. The molecular weight excluding hydrogens is 380 g/mol. The normalized spacial score (nSPS) is 12.0. The summed E-state index contributed by atoms with van der Waals surface area (Å²) < 4.78 is 2.45. The summed E-state index contributed by atoms with van der Waals surface area (Å²) in [6.45, 7) is 7.38. The van der Waals surface area contributed by atoms with Crippen molar-refractivity contribution in [1.29, 1.82) is 0 Å². The standard InChI is InChI=1S/C23H28N4OS/c1-4-18(3)27(16-19-8-6-5-7-9-19)21(28)14-15-26-22(24-25-23(26)29)20-12-10-17(2)11-13-20/h5-13,18H,4,14-16H2,1-3H3,(H,25,29). The van der Waals surface area contributed by atoms with Crippen molar-refractivity contribution in [2.24, 2.45) is 0 Å². The van der Waals surface area contributed by atoms with E-state index >= 15 is 0 Å². The monoisotopic (exact) mass is 408 g/mol. The molecule has 0 spiro atoms. The van der Waals surface area contributed by atoms with Gasteiger partial charge in [0.2, 0.25) is 5.91 Å². The Morgan fingerprint density at radius 2 is 1.86 bits per heavy atom. The molecule has 1 unspecified atom stereocenters. The third-order valence-electron chi connectivity index (χ3n) is 5.26. The zero-order chi connectivity index (χ0) is 20.8. The van der Waals surface area contributed by atoms with E-state index in [9.17, 15) is 4.79 Å². The van der Waals surface area contributed by atoms with Crippen molar-refractivity contribution in [2.75, 3.05) is 0 Å². The smallest absolute Gasteiger partial charge is 0.224 e. The maximum atomic E-state index is 13.1. The fraction of sp³-hybridized carbons (Fsp3) is 0.348. The minimum Gasteiger partial charge on any atom is -0.336 e. The lowest BCUT2D eigenvalue weighted by Gasteiger charge is -2.29. The van der Waals surface area contributed by atoms with Crippen molar-refractivity contribution in [3.8, 4) is 11.4 Å². The molecule has 1 atom stereocenters. The fourth-order valence-corrected chi connectivity index (χ4v) is 3.51. The molecule has 2 aromatic carbocycles. The van der Waals surface area contributed by atoms with Gasteiger partial charge in [-0.25, -0.2) is 0 Å². The Labute approximate surface area is 177 Å². The maximum absolute atomic E-state index is 13.1. The van der Waals surface area contributed by atoms with E-state index < -0.39 is 0 Å². The Bertz CT molecular complexity index is 992. The third kappa shape index (κ3) is 5.21. The van der Waals surface area contributed by atoms with Gasteiger partial charge in [0.25, 0.3) is 0 Å². The number of hydrogen-bond donors (Lipinski definition) is 1. The van der Waals surface area contributed by atoms with Gasteiger partial charge >= 0.3 is 0 Å². The van der Waals surface area contributed by atoms with Gasteiger partial charge in [-0.2, -0.15) is 5.10 Å². The first-order chi connectivity index (χ1) is 14.0. The number of carbonyl (C=O) groups is 1. The van der Waals surface area contributed by atoms with E-state index in [-0.39, 0.29) is 11.9 Å². The molecule has 0 aliphatic rings. The van der Waals surface area contributed by atoms with Crippen molar-refractivity contribution in [1.82, 2.24) is 19.7 Å². The van der Waals surface area contributed by atoms with E-state index in [1.807, 2.05) is 51.9 Å². The summed E-state index contributed by atoms with van der Waals surface area (Å²) in [7, 11) is 0. The number of nitrogens with one attached hydrogen (secondary N) is 1. The molecule has 152 valence electrons. The molecule has 0 saturated heterocycles. The second-order valence-electron chi connectivity index (χ2n) is 7.38. The molecular formula is C23H28N4OS. The van der Waals surface area contributed by atoms with E-state index in [2.05, 4.69) is 43.1 Å². The van der Waals surface area contributed by atoms with Gasteiger partial charge in [0.15, 0.2) is 10.6 Å². The predicted octanol–water partition coefficient (Wildman–Crippen LogP) is 5.13. The van der Waals surface area contributed by atoms with Crippen LogP contribution in [0.5, 0.6) is 0 Å². The van der Waals surface area contributed by atoms with Gasteiger partial charge in [0.1, 0.15) is 0 Å². The van der Waals surface area contributed by atoms with Crippen LogP contribution in [0.2, 0.25) is 0 Å². The van der Waals surface area contributed by atoms with Gasteiger partial charge < -0.3 is 4.90 Å². The van der Waals surface area contributed by atoms with Gasteiger partial charge in [-0.3, -0.25) is 14.5 Å². The first-order valence-corrected chi connectivity index (χ1v) is 10.5. The Kier molecular flexibility index (Phi) is 6.99. The number of amides is 1. The largest absolute Gasteiger partial charge is 0.336 e. The van der Waals surface area contributed by atoms with E-state index in [1.165, 1.54) is 5.56 Å². The van der Waals surface area contributed by atoms with Crippen LogP contribution in [0.1, 0.15) is 37.8 Å². The Morgan fingerprint density at radius 1 is 1.17 bits per heavy atom. The molecule has 6 heteroatoms. The van der Waals surface area contributed by atoms with Gasteiger partial charge in [-0.1, -0.05) is 67.1 Å². The van der Waals surface area contributed by atoms with Gasteiger partial charge in [-0.15, -0.1) is 0 Å². The highest BCUT2D eigenvalue weighted by molar-refractivity contribution is 7.71. The van der Waals surface area contributed by atoms with Crippen LogP contribution in [0.15, 0.2) is 54.6 Å². The van der Waals surface area contributed by atoms with Crippen LogP contribution < -0.4 is 0 Å². The third-order valence-corrected chi connectivity index (χ3v) is 5.57. The number of aromatic amines is 1. The van der Waals surface area contributed by atoms with Gasteiger partial charge in [-0.05, 0) is 38.0 Å². The van der Waals surface area contributed by atoms with Crippen LogP contribution >= 0.6 is 12.2 Å². The average Bonchev–Trinajstić information content (AvgIpc) is 3.11. The van der Waals surface area contributed by atoms with Crippen LogP contribution in [0, 0.1) is 11.7 Å². The van der Waals surface area contributed by atoms with Crippen molar-refractivity contribution in [2.45, 2.75) is 52.7 Å². The molecule has 29 heavy (non-hydrogen) atoms. The molecule has 0 saturated carbocycles. The lowest BCUT2D eigenvalue weighted by molar-refractivity contribution is -0.134. The predicted molar refractivity (Wildman–Crippen MR) is 119 cm³/mol. The fourth-order valence-electron chi connectivity index (χ4n) is 3.29. The highest BCUT2D eigenvalue weighted by Gasteiger charge is 2.20. The van der Waals surface area contributed by atoms with Crippen molar-refractivity contribution < 1.29 is 4.79 Å². The van der Waals surface area contributed by atoms with Gasteiger partial charge in [0.05, 0.1) is 0 Å². The zero-order valence-corrected chi connectivity index (χ0v) is 18.1. The van der Waals surface area contributed by atoms with Crippen LogP contribution in [0.3, 0.4) is 0 Å². The Hall–Kier alpha value is -2.73. The molecule has 1 heterocycles. The number of H-pyrrole nitrogens is 1. The van der Waals surface area contributed by atoms with E-state index in [0.29, 0.717) is 24.3 Å². The van der Waals surface area contributed by atoms with Crippen molar-refractivity contribution in [3.05, 3.63) is 70.5 Å². The summed E-state index contributed by atoms with van der Waals surface area (Å²) in [5.74, 6) is 0.891. The molecule has 0 aliphatic heterocycles. The zero-order valence-electron chi connectivity index (χ0n) is 17.3. The molecule has 0 fully saturated rings. The van der Waals surface area contributed by atoms with Crippen LogP contribution in [-0.4, -0.2) is 31.6 Å². The highest BCUT2D eigenvalue weighted by atomic mass is 32.1. The molecule has 0 aliphatic carbocycles. The minimum atomic E-state index is 0.126. The number of aryl methyl sites for hydroxylation is 1. The van der Waals surface area contributed by atoms with E-state index in [0.717, 1.165) is 23.4 Å². The van der Waals surface area contributed by atoms with E-state index in [1.54, 1.807) is 0 Å².